The van der Waals surface area contributed by atoms with Gasteiger partial charge in [-0.2, -0.15) is 8.42 Å². The van der Waals surface area contributed by atoms with Gasteiger partial charge in [-0.1, -0.05) is 18.2 Å². The average Bonchev–Trinajstić information content (AvgIpc) is 3.04. The molecule has 8 heteroatoms. The fourth-order valence-corrected chi connectivity index (χ4v) is 4.09. The van der Waals surface area contributed by atoms with Crippen LogP contribution in [0.5, 0.6) is 0 Å². The first kappa shape index (κ1) is 16.6. The highest BCUT2D eigenvalue weighted by atomic mass is 127. The van der Waals surface area contributed by atoms with Gasteiger partial charge < -0.3 is 9.47 Å². The molecule has 0 radical (unpaired) electrons. The van der Waals surface area contributed by atoms with E-state index in [0.717, 1.165) is 34.8 Å². The van der Waals surface area contributed by atoms with E-state index in [1.54, 1.807) is 0 Å². The van der Waals surface area contributed by atoms with Crippen molar-refractivity contribution in [3.63, 3.8) is 0 Å². The minimum atomic E-state index is -4.00. The number of nitrogens with two attached hydrogens (primary N) is 1. The lowest BCUT2D eigenvalue weighted by Crippen LogP contribution is -2.29. The van der Waals surface area contributed by atoms with E-state index in [4.69, 9.17) is 18.8 Å². The van der Waals surface area contributed by atoms with Crippen LogP contribution in [0.15, 0.2) is 24.3 Å². The van der Waals surface area contributed by atoms with Gasteiger partial charge in [0.1, 0.15) is 12.2 Å². The molecule has 2 aliphatic rings. The van der Waals surface area contributed by atoms with Crippen molar-refractivity contribution in [1.29, 1.82) is 0 Å². The molecular formula is C14H18INO5S. The molecule has 3 rings (SSSR count). The number of benzene rings is 1. The van der Waals surface area contributed by atoms with Gasteiger partial charge in [-0.15, -0.1) is 0 Å². The van der Waals surface area contributed by atoms with Crippen molar-refractivity contribution in [3.8, 4) is 0 Å². The van der Waals surface area contributed by atoms with Crippen molar-refractivity contribution < 1.29 is 22.1 Å². The molecule has 2 N–H and O–H groups in total. The van der Waals surface area contributed by atoms with E-state index in [1.165, 1.54) is 0 Å². The first-order chi connectivity index (χ1) is 10.4. The second kappa shape index (κ2) is 6.33. The van der Waals surface area contributed by atoms with Gasteiger partial charge in [0, 0.05) is 16.4 Å². The smallest absolute Gasteiger partial charge is 0.333 e. The second-order valence-electron chi connectivity index (χ2n) is 5.61. The third kappa shape index (κ3) is 3.62. The molecule has 1 saturated carbocycles. The maximum Gasteiger partial charge on any atom is 0.333 e. The van der Waals surface area contributed by atoms with Crippen molar-refractivity contribution in [1.82, 2.24) is 0 Å². The molecule has 0 bridgehead atoms. The Morgan fingerprint density at radius 3 is 2.59 bits per heavy atom. The molecule has 1 heterocycles. The predicted octanol–water partition coefficient (Wildman–Crippen LogP) is 2.24. The first-order valence-electron chi connectivity index (χ1n) is 7.16. The largest absolute Gasteiger partial charge is 0.341 e. The standard InChI is InChI=1S/C14H18INO5S/c15-11-6-2-1-5-10(11)13-12(9-19-22(16,17)18)20-14(21-13)7-3-4-8-14/h1-2,5-6,12-13H,3-4,7-9H2,(H2,16,17,18). The van der Waals surface area contributed by atoms with Gasteiger partial charge in [-0.3, -0.25) is 4.18 Å². The van der Waals surface area contributed by atoms with Crippen molar-refractivity contribution in [3.05, 3.63) is 33.4 Å². The van der Waals surface area contributed by atoms with E-state index in [2.05, 4.69) is 22.6 Å². The van der Waals surface area contributed by atoms with Crippen LogP contribution in [0.2, 0.25) is 0 Å². The Bertz CT molecular complexity index is 644. The summed E-state index contributed by atoms with van der Waals surface area (Å²) < 4.78 is 40.2. The zero-order chi connectivity index (χ0) is 15.8. The van der Waals surface area contributed by atoms with Crippen LogP contribution < -0.4 is 5.14 Å². The molecule has 22 heavy (non-hydrogen) atoms. The maximum atomic E-state index is 11.1. The van der Waals surface area contributed by atoms with Crippen LogP contribution in [0.4, 0.5) is 0 Å². The number of ether oxygens (including phenoxy) is 2. The van der Waals surface area contributed by atoms with Gasteiger partial charge in [0.25, 0.3) is 0 Å². The minimum absolute atomic E-state index is 0.143. The van der Waals surface area contributed by atoms with Crippen LogP contribution in [-0.4, -0.2) is 26.9 Å². The van der Waals surface area contributed by atoms with Crippen molar-refractivity contribution >= 4 is 32.9 Å². The van der Waals surface area contributed by atoms with Gasteiger partial charge in [0.2, 0.25) is 0 Å². The quantitative estimate of drug-likeness (QED) is 0.728. The molecular weight excluding hydrogens is 421 g/mol. The number of rotatable bonds is 4. The molecule has 0 amide bonds. The van der Waals surface area contributed by atoms with E-state index in [-0.39, 0.29) is 12.7 Å². The summed E-state index contributed by atoms with van der Waals surface area (Å²) in [5.74, 6) is -0.615. The van der Waals surface area contributed by atoms with Gasteiger partial charge in [-0.05, 0) is 47.1 Å². The highest BCUT2D eigenvalue weighted by Gasteiger charge is 2.50. The van der Waals surface area contributed by atoms with Crippen molar-refractivity contribution in [2.45, 2.75) is 43.7 Å². The number of halogens is 1. The summed E-state index contributed by atoms with van der Waals surface area (Å²) in [6.07, 6.45) is 2.88. The lowest BCUT2D eigenvalue weighted by molar-refractivity contribution is -0.171. The number of hydrogen-bond donors (Lipinski definition) is 1. The van der Waals surface area contributed by atoms with E-state index < -0.39 is 22.2 Å². The van der Waals surface area contributed by atoms with Gasteiger partial charge in [0.05, 0.1) is 6.61 Å². The zero-order valence-electron chi connectivity index (χ0n) is 11.9. The molecule has 2 atom stereocenters. The van der Waals surface area contributed by atoms with E-state index in [1.807, 2.05) is 24.3 Å². The van der Waals surface area contributed by atoms with Gasteiger partial charge in [-0.25, -0.2) is 5.14 Å². The predicted molar refractivity (Wildman–Crippen MR) is 88.1 cm³/mol. The molecule has 1 aromatic carbocycles. The SMILES string of the molecule is NS(=O)(=O)OCC1OC2(CCCC2)OC1c1ccccc1I. The molecule has 1 aliphatic heterocycles. The van der Waals surface area contributed by atoms with E-state index >= 15 is 0 Å². The molecule has 1 aliphatic carbocycles. The summed E-state index contributed by atoms with van der Waals surface area (Å²) in [5, 5.41) is 4.92. The van der Waals surface area contributed by atoms with Crippen LogP contribution in [0, 0.1) is 3.57 Å². The number of hydrogen-bond acceptors (Lipinski definition) is 5. The summed E-state index contributed by atoms with van der Waals surface area (Å²) in [6.45, 7) is -0.143. The molecule has 6 nitrogen and oxygen atoms in total. The van der Waals surface area contributed by atoms with Crippen molar-refractivity contribution in [2.75, 3.05) is 6.61 Å². The third-order valence-electron chi connectivity index (χ3n) is 4.02. The zero-order valence-corrected chi connectivity index (χ0v) is 14.9. The van der Waals surface area contributed by atoms with Crippen molar-refractivity contribution in [2.24, 2.45) is 5.14 Å². The van der Waals surface area contributed by atoms with E-state index in [9.17, 15) is 8.42 Å². The monoisotopic (exact) mass is 439 g/mol. The summed E-state index contributed by atoms with van der Waals surface area (Å²) in [4.78, 5) is 0. The lowest BCUT2D eigenvalue weighted by atomic mass is 10.1. The molecule has 1 saturated heterocycles. The van der Waals surface area contributed by atoms with Crippen LogP contribution >= 0.6 is 22.6 Å². The maximum absolute atomic E-state index is 11.1. The van der Waals surface area contributed by atoms with Gasteiger partial charge in [0.15, 0.2) is 5.79 Å². The molecule has 122 valence electrons. The van der Waals surface area contributed by atoms with Crippen LogP contribution in [0.3, 0.4) is 0 Å². The Kier molecular flexibility index (Phi) is 4.77. The van der Waals surface area contributed by atoms with Gasteiger partial charge >= 0.3 is 10.3 Å². The lowest BCUT2D eigenvalue weighted by Gasteiger charge is -2.22. The Morgan fingerprint density at radius 2 is 1.95 bits per heavy atom. The van der Waals surface area contributed by atoms with E-state index in [0.29, 0.717) is 0 Å². The Hall–Kier alpha value is -0.260. The molecule has 0 aromatic heterocycles. The van der Waals surface area contributed by atoms with Crippen LogP contribution in [0.1, 0.15) is 37.4 Å². The Labute approximate surface area is 143 Å². The summed E-state index contributed by atoms with van der Waals surface area (Å²) >= 11 is 2.24. The summed E-state index contributed by atoms with van der Waals surface area (Å²) in [7, 11) is -4.00. The normalized spacial score (nSPS) is 27.5. The van der Waals surface area contributed by atoms with Crippen LogP contribution in [-0.2, 0) is 24.0 Å². The fourth-order valence-electron chi connectivity index (χ4n) is 3.08. The average molecular weight is 439 g/mol. The molecule has 2 fully saturated rings. The summed E-state index contributed by atoms with van der Waals surface area (Å²) in [5.41, 5.74) is 0.981. The summed E-state index contributed by atoms with van der Waals surface area (Å²) in [6, 6.07) is 7.82. The molecule has 1 aromatic rings. The first-order valence-corrected chi connectivity index (χ1v) is 9.71. The molecule has 2 unspecified atom stereocenters. The topological polar surface area (TPSA) is 87.9 Å². The third-order valence-corrected chi connectivity index (χ3v) is 5.47. The highest BCUT2D eigenvalue weighted by molar-refractivity contribution is 14.1. The Balaban J connectivity index is 1.85. The highest BCUT2D eigenvalue weighted by Crippen LogP contribution is 2.47. The Morgan fingerprint density at radius 1 is 1.27 bits per heavy atom. The second-order valence-corrected chi connectivity index (χ2v) is 7.99. The minimum Gasteiger partial charge on any atom is -0.341 e. The fraction of sp³-hybridized carbons (Fsp3) is 0.571. The van der Waals surface area contributed by atoms with Crippen LogP contribution in [0.25, 0.3) is 0 Å². The molecule has 1 spiro atoms.